The van der Waals surface area contributed by atoms with Gasteiger partial charge in [0.15, 0.2) is 10.9 Å². The van der Waals surface area contributed by atoms with Crippen molar-refractivity contribution in [3.8, 4) is 0 Å². The Bertz CT molecular complexity index is 563. The number of rotatable bonds is 5. The molecule has 0 unspecified atom stereocenters. The van der Waals surface area contributed by atoms with Gasteiger partial charge in [-0.3, -0.25) is 9.36 Å². The fourth-order valence-electron chi connectivity index (χ4n) is 1.42. The van der Waals surface area contributed by atoms with Gasteiger partial charge in [-0.2, -0.15) is 0 Å². The van der Waals surface area contributed by atoms with Gasteiger partial charge in [0.2, 0.25) is 0 Å². The molecule has 2 heterocycles. The Morgan fingerprint density at radius 3 is 2.89 bits per heavy atom. The highest BCUT2D eigenvalue weighted by Crippen LogP contribution is 2.18. The van der Waals surface area contributed by atoms with Crippen molar-refractivity contribution in [2.75, 3.05) is 5.75 Å². The predicted octanol–water partition coefficient (Wildman–Crippen LogP) is 1.11. The second-order valence-electron chi connectivity index (χ2n) is 3.73. The maximum atomic E-state index is 10.5. The predicted molar refractivity (Wildman–Crippen MR) is 63.5 cm³/mol. The van der Waals surface area contributed by atoms with Gasteiger partial charge in [-0.05, 0) is 13.8 Å². The van der Waals surface area contributed by atoms with Crippen LogP contribution in [0.5, 0.6) is 0 Å². The van der Waals surface area contributed by atoms with Crippen LogP contribution in [0.25, 0.3) is 0 Å². The van der Waals surface area contributed by atoms with Crippen molar-refractivity contribution in [2.45, 2.75) is 25.5 Å². The average Bonchev–Trinajstić information content (AvgIpc) is 2.85. The summed E-state index contributed by atoms with van der Waals surface area (Å²) in [7, 11) is 0. The summed E-state index contributed by atoms with van der Waals surface area (Å²) >= 11 is 1.13. The van der Waals surface area contributed by atoms with E-state index < -0.39 is 5.97 Å². The molecule has 0 amide bonds. The number of thioether (sulfide) groups is 1. The standard InChI is InChI=1S/C10H12N4O3S/c1-6-3-8(17-13-6)4-14-7(2)11-12-10(14)18-5-9(15)16/h3H,4-5H2,1-2H3,(H,15,16). The van der Waals surface area contributed by atoms with Crippen molar-refractivity contribution in [3.05, 3.63) is 23.3 Å². The van der Waals surface area contributed by atoms with Crippen LogP contribution in [0.1, 0.15) is 17.3 Å². The van der Waals surface area contributed by atoms with Crippen LogP contribution in [0, 0.1) is 13.8 Å². The molecule has 0 aliphatic carbocycles. The lowest BCUT2D eigenvalue weighted by Gasteiger charge is -2.04. The molecular formula is C10H12N4O3S. The van der Waals surface area contributed by atoms with E-state index in [9.17, 15) is 4.79 Å². The van der Waals surface area contributed by atoms with E-state index in [1.807, 2.05) is 13.0 Å². The smallest absolute Gasteiger partial charge is 0.313 e. The molecule has 18 heavy (non-hydrogen) atoms. The lowest BCUT2D eigenvalue weighted by molar-refractivity contribution is -0.133. The molecule has 2 aromatic rings. The fourth-order valence-corrected chi connectivity index (χ4v) is 2.13. The van der Waals surface area contributed by atoms with Crippen LogP contribution < -0.4 is 0 Å². The van der Waals surface area contributed by atoms with Crippen LogP contribution in [0.15, 0.2) is 15.7 Å². The zero-order chi connectivity index (χ0) is 13.1. The van der Waals surface area contributed by atoms with Crippen LogP contribution in [0.2, 0.25) is 0 Å². The first-order valence-corrected chi connectivity index (χ1v) is 6.21. The minimum absolute atomic E-state index is 0.0480. The van der Waals surface area contributed by atoms with Gasteiger partial charge in [-0.15, -0.1) is 10.2 Å². The molecule has 1 N–H and O–H groups in total. The number of carboxylic acid groups (broad SMARTS) is 1. The first-order valence-electron chi connectivity index (χ1n) is 5.23. The Morgan fingerprint density at radius 2 is 2.28 bits per heavy atom. The summed E-state index contributed by atoms with van der Waals surface area (Å²) in [5, 5.41) is 20.9. The van der Waals surface area contributed by atoms with Crippen molar-refractivity contribution in [1.29, 1.82) is 0 Å². The van der Waals surface area contributed by atoms with E-state index in [4.69, 9.17) is 9.63 Å². The fraction of sp³-hybridized carbons (Fsp3) is 0.400. The molecular weight excluding hydrogens is 256 g/mol. The number of hydrogen-bond donors (Lipinski definition) is 1. The highest BCUT2D eigenvalue weighted by atomic mass is 32.2. The minimum atomic E-state index is -0.886. The van der Waals surface area contributed by atoms with Crippen molar-refractivity contribution in [1.82, 2.24) is 19.9 Å². The summed E-state index contributed by atoms with van der Waals surface area (Å²) in [5.74, 6) is 0.459. The first kappa shape index (κ1) is 12.6. The van der Waals surface area contributed by atoms with Gasteiger partial charge in [0.25, 0.3) is 0 Å². The number of aliphatic carboxylic acids is 1. The van der Waals surface area contributed by atoms with Gasteiger partial charge in [-0.25, -0.2) is 0 Å². The quantitative estimate of drug-likeness (QED) is 0.811. The van der Waals surface area contributed by atoms with Gasteiger partial charge in [-0.1, -0.05) is 16.9 Å². The highest BCUT2D eigenvalue weighted by Gasteiger charge is 2.13. The molecule has 0 saturated heterocycles. The van der Waals surface area contributed by atoms with Crippen molar-refractivity contribution < 1.29 is 14.4 Å². The highest BCUT2D eigenvalue weighted by molar-refractivity contribution is 7.99. The van der Waals surface area contributed by atoms with E-state index in [0.29, 0.717) is 23.3 Å². The van der Waals surface area contributed by atoms with Crippen LogP contribution in [-0.2, 0) is 11.3 Å². The lowest BCUT2D eigenvalue weighted by atomic mass is 10.4. The summed E-state index contributed by atoms with van der Waals surface area (Å²) in [6.45, 7) is 4.09. The third-order valence-electron chi connectivity index (χ3n) is 2.22. The second kappa shape index (κ2) is 5.21. The SMILES string of the molecule is Cc1cc(Cn2c(C)nnc2SCC(=O)O)on1. The van der Waals surface area contributed by atoms with E-state index >= 15 is 0 Å². The Labute approximate surface area is 107 Å². The average molecular weight is 268 g/mol. The topological polar surface area (TPSA) is 94.0 Å². The van der Waals surface area contributed by atoms with Gasteiger partial charge < -0.3 is 9.63 Å². The van der Waals surface area contributed by atoms with E-state index in [0.717, 1.165) is 17.5 Å². The van der Waals surface area contributed by atoms with Gasteiger partial charge in [0.1, 0.15) is 5.82 Å². The monoisotopic (exact) mass is 268 g/mol. The molecule has 0 fully saturated rings. The number of hydrogen-bond acceptors (Lipinski definition) is 6. The van der Waals surface area contributed by atoms with Crippen LogP contribution in [0.4, 0.5) is 0 Å². The molecule has 96 valence electrons. The summed E-state index contributed by atoms with van der Waals surface area (Å²) in [6.07, 6.45) is 0. The third-order valence-corrected chi connectivity index (χ3v) is 3.17. The summed E-state index contributed by atoms with van der Waals surface area (Å²) in [6, 6.07) is 1.82. The Kier molecular flexibility index (Phi) is 3.66. The van der Waals surface area contributed by atoms with E-state index in [1.165, 1.54) is 0 Å². The van der Waals surface area contributed by atoms with Crippen molar-refractivity contribution in [2.24, 2.45) is 0 Å². The molecule has 8 heteroatoms. The van der Waals surface area contributed by atoms with Crippen LogP contribution in [0.3, 0.4) is 0 Å². The molecule has 0 radical (unpaired) electrons. The molecule has 0 spiro atoms. The lowest BCUT2D eigenvalue weighted by Crippen LogP contribution is -2.05. The number of carbonyl (C=O) groups is 1. The summed E-state index contributed by atoms with van der Waals surface area (Å²) < 4.78 is 6.92. The van der Waals surface area contributed by atoms with E-state index in [2.05, 4.69) is 15.4 Å². The number of aromatic nitrogens is 4. The maximum absolute atomic E-state index is 10.5. The molecule has 0 aromatic carbocycles. The normalized spacial score (nSPS) is 10.8. The molecule has 0 aliphatic rings. The Balaban J connectivity index is 2.16. The molecule has 0 saturated carbocycles. The van der Waals surface area contributed by atoms with Gasteiger partial charge in [0.05, 0.1) is 18.0 Å². The molecule has 0 bridgehead atoms. The Morgan fingerprint density at radius 1 is 1.50 bits per heavy atom. The zero-order valence-corrected chi connectivity index (χ0v) is 10.8. The summed E-state index contributed by atoms with van der Waals surface area (Å²) in [5.41, 5.74) is 0.801. The van der Waals surface area contributed by atoms with Gasteiger partial charge >= 0.3 is 5.97 Å². The molecule has 7 nitrogen and oxygen atoms in total. The molecule has 2 rings (SSSR count). The maximum Gasteiger partial charge on any atom is 0.313 e. The second-order valence-corrected chi connectivity index (χ2v) is 4.68. The Hall–Kier alpha value is -1.83. The summed E-state index contributed by atoms with van der Waals surface area (Å²) in [4.78, 5) is 10.5. The van der Waals surface area contributed by atoms with Crippen LogP contribution in [-0.4, -0.2) is 36.7 Å². The molecule has 2 aromatic heterocycles. The minimum Gasteiger partial charge on any atom is -0.481 e. The largest absolute Gasteiger partial charge is 0.481 e. The van der Waals surface area contributed by atoms with Crippen molar-refractivity contribution >= 4 is 17.7 Å². The number of carboxylic acids is 1. The van der Waals surface area contributed by atoms with Crippen molar-refractivity contribution in [3.63, 3.8) is 0 Å². The van der Waals surface area contributed by atoms with E-state index in [-0.39, 0.29) is 5.75 Å². The number of nitrogens with zero attached hydrogens (tertiary/aromatic N) is 4. The van der Waals surface area contributed by atoms with Gasteiger partial charge in [0, 0.05) is 6.07 Å². The zero-order valence-electron chi connectivity index (χ0n) is 9.95. The van der Waals surface area contributed by atoms with E-state index in [1.54, 1.807) is 11.5 Å². The third kappa shape index (κ3) is 2.89. The molecule has 0 atom stereocenters. The molecule has 0 aliphatic heterocycles. The first-order chi connectivity index (χ1) is 8.56. The number of aryl methyl sites for hydroxylation is 2. The van der Waals surface area contributed by atoms with Crippen LogP contribution >= 0.6 is 11.8 Å².